The summed E-state index contributed by atoms with van der Waals surface area (Å²) in [5.41, 5.74) is 2.94. The standard InChI is InChI=1S/C22H27N3O4/c1-22(2,3)29-21(27)25-12-11-15-13-17(10-9-16(15)14-25)23-20(26)24-18-7-5-6-8-19(18)28-4/h5-10,13H,11-12,14H2,1-4H3,(H2,23,24,26). The third-order valence-electron chi connectivity index (χ3n) is 4.48. The Morgan fingerprint density at radius 1 is 1.03 bits per heavy atom. The summed E-state index contributed by atoms with van der Waals surface area (Å²) in [7, 11) is 1.56. The lowest BCUT2D eigenvalue weighted by Gasteiger charge is -2.31. The van der Waals surface area contributed by atoms with E-state index in [2.05, 4.69) is 10.6 Å². The van der Waals surface area contributed by atoms with Crippen LogP contribution in [0.4, 0.5) is 21.0 Å². The molecule has 1 aliphatic rings. The number of rotatable bonds is 3. The van der Waals surface area contributed by atoms with Gasteiger partial charge in [0.2, 0.25) is 0 Å². The molecule has 0 aliphatic carbocycles. The summed E-state index contributed by atoms with van der Waals surface area (Å²) >= 11 is 0. The Morgan fingerprint density at radius 2 is 1.79 bits per heavy atom. The van der Waals surface area contributed by atoms with Crippen molar-refractivity contribution < 1.29 is 19.1 Å². The van der Waals surface area contributed by atoms with Gasteiger partial charge in [0.15, 0.2) is 0 Å². The highest BCUT2D eigenvalue weighted by molar-refractivity contribution is 6.00. The van der Waals surface area contributed by atoms with Crippen LogP contribution in [0.15, 0.2) is 42.5 Å². The third-order valence-corrected chi connectivity index (χ3v) is 4.48. The molecular weight excluding hydrogens is 370 g/mol. The predicted molar refractivity (Wildman–Crippen MR) is 112 cm³/mol. The molecule has 0 fully saturated rings. The van der Waals surface area contributed by atoms with Crippen LogP contribution in [0.1, 0.15) is 31.9 Å². The van der Waals surface area contributed by atoms with E-state index in [9.17, 15) is 9.59 Å². The van der Waals surface area contributed by atoms with E-state index < -0.39 is 5.60 Å². The fourth-order valence-electron chi connectivity index (χ4n) is 3.15. The molecule has 0 saturated heterocycles. The maximum atomic E-state index is 12.3. The van der Waals surface area contributed by atoms with Gasteiger partial charge in [0, 0.05) is 18.8 Å². The fourth-order valence-corrected chi connectivity index (χ4v) is 3.15. The summed E-state index contributed by atoms with van der Waals surface area (Å²) in [6.45, 7) is 6.65. The summed E-state index contributed by atoms with van der Waals surface area (Å²) in [6, 6.07) is 12.6. The lowest BCUT2D eigenvalue weighted by Crippen LogP contribution is -2.39. The summed E-state index contributed by atoms with van der Waals surface area (Å²) in [5, 5.41) is 5.64. The first-order valence-electron chi connectivity index (χ1n) is 9.56. The first-order valence-corrected chi connectivity index (χ1v) is 9.56. The number of methoxy groups -OCH3 is 1. The summed E-state index contributed by atoms with van der Waals surface area (Å²) in [5.74, 6) is 0.593. The Morgan fingerprint density at radius 3 is 2.52 bits per heavy atom. The molecule has 2 aromatic carbocycles. The van der Waals surface area contributed by atoms with Gasteiger partial charge in [-0.25, -0.2) is 9.59 Å². The minimum atomic E-state index is -0.514. The fraction of sp³-hybridized carbons (Fsp3) is 0.364. The molecule has 7 nitrogen and oxygen atoms in total. The molecule has 0 bridgehead atoms. The largest absolute Gasteiger partial charge is 0.495 e. The SMILES string of the molecule is COc1ccccc1NC(=O)Nc1ccc2c(c1)CCN(C(=O)OC(C)(C)C)C2. The maximum Gasteiger partial charge on any atom is 0.410 e. The molecule has 0 aromatic heterocycles. The van der Waals surface area contributed by atoms with Crippen molar-refractivity contribution in [3.8, 4) is 5.75 Å². The monoisotopic (exact) mass is 397 g/mol. The highest BCUT2D eigenvalue weighted by Crippen LogP contribution is 2.25. The van der Waals surface area contributed by atoms with E-state index >= 15 is 0 Å². The van der Waals surface area contributed by atoms with Crippen molar-refractivity contribution in [2.75, 3.05) is 24.3 Å². The lowest BCUT2D eigenvalue weighted by atomic mass is 9.99. The summed E-state index contributed by atoms with van der Waals surface area (Å²) < 4.78 is 10.7. The van der Waals surface area contributed by atoms with Crippen molar-refractivity contribution in [3.05, 3.63) is 53.6 Å². The van der Waals surface area contributed by atoms with E-state index in [0.717, 1.165) is 11.1 Å². The Hall–Kier alpha value is -3.22. The number of ether oxygens (including phenoxy) is 2. The first-order chi connectivity index (χ1) is 13.7. The van der Waals surface area contributed by atoms with Gasteiger partial charge in [-0.2, -0.15) is 0 Å². The van der Waals surface area contributed by atoms with Gasteiger partial charge < -0.3 is 25.0 Å². The molecule has 29 heavy (non-hydrogen) atoms. The van der Waals surface area contributed by atoms with Crippen molar-refractivity contribution in [3.63, 3.8) is 0 Å². The van der Waals surface area contributed by atoms with Crippen LogP contribution in [0, 0.1) is 0 Å². The van der Waals surface area contributed by atoms with E-state index in [1.165, 1.54) is 0 Å². The van der Waals surface area contributed by atoms with Gasteiger partial charge >= 0.3 is 12.1 Å². The van der Waals surface area contributed by atoms with Gasteiger partial charge in [0.05, 0.1) is 12.8 Å². The molecule has 0 unspecified atom stereocenters. The number of carbonyl (C=O) groups excluding carboxylic acids is 2. The second-order valence-electron chi connectivity index (χ2n) is 7.91. The Kier molecular flexibility index (Phi) is 5.96. The smallest absolute Gasteiger partial charge is 0.410 e. The molecule has 1 heterocycles. The lowest BCUT2D eigenvalue weighted by molar-refractivity contribution is 0.0224. The number of anilines is 2. The second kappa shape index (κ2) is 8.43. The minimum absolute atomic E-state index is 0.304. The van der Waals surface area contributed by atoms with E-state index in [1.54, 1.807) is 24.1 Å². The predicted octanol–water partition coefficient (Wildman–Crippen LogP) is 4.63. The van der Waals surface area contributed by atoms with Gasteiger partial charge in [-0.15, -0.1) is 0 Å². The average Bonchev–Trinajstić information content (AvgIpc) is 2.66. The van der Waals surface area contributed by atoms with Crippen LogP contribution < -0.4 is 15.4 Å². The number of nitrogens with one attached hydrogen (secondary N) is 2. The number of fused-ring (bicyclic) bond motifs is 1. The van der Waals surface area contributed by atoms with Crippen LogP contribution in [-0.4, -0.2) is 36.3 Å². The van der Waals surface area contributed by atoms with Gasteiger partial charge in [-0.3, -0.25) is 0 Å². The second-order valence-corrected chi connectivity index (χ2v) is 7.91. The van der Waals surface area contributed by atoms with Crippen molar-refractivity contribution in [1.29, 1.82) is 0 Å². The molecule has 7 heteroatoms. The molecule has 0 saturated carbocycles. The molecule has 0 atom stereocenters. The Balaban J connectivity index is 1.63. The van der Waals surface area contributed by atoms with Crippen LogP contribution in [0.2, 0.25) is 0 Å². The first kappa shape index (κ1) is 20.5. The highest BCUT2D eigenvalue weighted by Gasteiger charge is 2.25. The van der Waals surface area contributed by atoms with Gasteiger partial charge in [-0.05, 0) is 62.6 Å². The third kappa shape index (κ3) is 5.40. The van der Waals surface area contributed by atoms with Crippen LogP contribution in [0.25, 0.3) is 0 Å². The number of carbonyl (C=O) groups is 2. The number of hydrogen-bond donors (Lipinski definition) is 2. The number of nitrogens with zero attached hydrogens (tertiary/aromatic N) is 1. The normalized spacial score (nSPS) is 13.3. The molecule has 0 spiro atoms. The molecular formula is C22H27N3O4. The van der Waals surface area contributed by atoms with Crippen LogP contribution in [-0.2, 0) is 17.7 Å². The van der Waals surface area contributed by atoms with Crippen molar-refractivity contribution in [1.82, 2.24) is 4.90 Å². The Bertz CT molecular complexity index is 905. The maximum absolute atomic E-state index is 12.3. The highest BCUT2D eigenvalue weighted by atomic mass is 16.6. The van der Waals surface area contributed by atoms with Crippen LogP contribution >= 0.6 is 0 Å². The van der Waals surface area contributed by atoms with Crippen LogP contribution in [0.5, 0.6) is 5.75 Å². The van der Waals surface area contributed by atoms with E-state index in [1.807, 2.05) is 51.1 Å². The van der Waals surface area contributed by atoms with E-state index in [0.29, 0.717) is 36.6 Å². The quantitative estimate of drug-likeness (QED) is 0.791. The average molecular weight is 397 g/mol. The number of para-hydroxylation sites is 2. The zero-order valence-electron chi connectivity index (χ0n) is 17.2. The molecule has 0 radical (unpaired) electrons. The van der Waals surface area contributed by atoms with Gasteiger partial charge in [0.1, 0.15) is 11.4 Å². The molecule has 3 rings (SSSR count). The molecule has 2 aromatic rings. The Labute approximate surface area is 171 Å². The number of amides is 3. The minimum Gasteiger partial charge on any atom is -0.495 e. The summed E-state index contributed by atoms with van der Waals surface area (Å²) in [6.07, 6.45) is 0.402. The zero-order chi connectivity index (χ0) is 21.0. The van der Waals surface area contributed by atoms with Gasteiger partial charge in [0.25, 0.3) is 0 Å². The van der Waals surface area contributed by atoms with Crippen molar-refractivity contribution >= 4 is 23.5 Å². The van der Waals surface area contributed by atoms with Crippen LogP contribution in [0.3, 0.4) is 0 Å². The van der Waals surface area contributed by atoms with Crippen molar-refractivity contribution in [2.45, 2.75) is 39.3 Å². The van der Waals surface area contributed by atoms with Gasteiger partial charge in [-0.1, -0.05) is 18.2 Å². The molecule has 2 N–H and O–H groups in total. The molecule has 3 amide bonds. The zero-order valence-corrected chi connectivity index (χ0v) is 17.2. The molecule has 1 aliphatic heterocycles. The molecule has 154 valence electrons. The topological polar surface area (TPSA) is 79.9 Å². The van der Waals surface area contributed by atoms with E-state index in [-0.39, 0.29) is 12.1 Å². The van der Waals surface area contributed by atoms with Crippen molar-refractivity contribution in [2.24, 2.45) is 0 Å². The van der Waals surface area contributed by atoms with E-state index in [4.69, 9.17) is 9.47 Å². The summed E-state index contributed by atoms with van der Waals surface area (Å²) in [4.78, 5) is 26.3. The number of urea groups is 1. The number of hydrogen-bond acceptors (Lipinski definition) is 4. The number of benzene rings is 2.